The van der Waals surface area contributed by atoms with Gasteiger partial charge in [0.25, 0.3) is 0 Å². The topological polar surface area (TPSA) is 70.9 Å². The molecule has 0 radical (unpaired) electrons. The second kappa shape index (κ2) is 8.01. The number of methoxy groups -OCH3 is 1. The molecule has 138 valence electrons. The number of imidazole rings is 1. The van der Waals surface area contributed by atoms with Gasteiger partial charge in [-0.1, -0.05) is 0 Å². The lowest BCUT2D eigenvalue weighted by atomic mass is 10.1. The molecule has 0 spiro atoms. The van der Waals surface area contributed by atoms with Gasteiger partial charge in [-0.3, -0.25) is 0 Å². The van der Waals surface area contributed by atoms with E-state index < -0.39 is 0 Å². The summed E-state index contributed by atoms with van der Waals surface area (Å²) < 4.78 is 12.0. The number of nitriles is 1. The largest absolute Gasteiger partial charge is 0.493 e. The molecule has 3 aromatic rings. The van der Waals surface area contributed by atoms with Gasteiger partial charge in [-0.25, -0.2) is 4.98 Å². The van der Waals surface area contributed by atoms with Crippen LogP contribution >= 0.6 is 22.6 Å². The summed E-state index contributed by atoms with van der Waals surface area (Å²) in [6.07, 6.45) is 1.80. The third kappa shape index (κ3) is 3.93. The minimum atomic E-state index is 0.462. The number of aromatic nitrogens is 2. The predicted molar refractivity (Wildman–Crippen MR) is 116 cm³/mol. The van der Waals surface area contributed by atoms with Gasteiger partial charge in [-0.15, -0.1) is 0 Å². The fourth-order valence-electron chi connectivity index (χ4n) is 2.82. The number of allylic oxidation sites excluding steroid dienone is 1. The van der Waals surface area contributed by atoms with Gasteiger partial charge >= 0.3 is 0 Å². The number of halogens is 1. The lowest BCUT2D eigenvalue weighted by molar-refractivity contribution is 0.308. The Labute approximate surface area is 172 Å². The number of aryl methyl sites for hydroxylation is 2. The van der Waals surface area contributed by atoms with Crippen LogP contribution < -0.4 is 9.47 Å². The van der Waals surface area contributed by atoms with Gasteiger partial charge in [0.1, 0.15) is 11.9 Å². The predicted octanol–water partition coefficient (Wildman–Crippen LogP) is 5.26. The zero-order valence-electron chi connectivity index (χ0n) is 15.7. The highest BCUT2D eigenvalue weighted by atomic mass is 127. The van der Waals surface area contributed by atoms with Gasteiger partial charge in [-0.05, 0) is 90.4 Å². The molecule has 5 nitrogen and oxygen atoms in total. The molecule has 1 N–H and O–H groups in total. The van der Waals surface area contributed by atoms with Crippen molar-refractivity contribution in [3.05, 3.63) is 50.4 Å². The minimum absolute atomic E-state index is 0.462. The first-order valence-electron chi connectivity index (χ1n) is 8.56. The molecule has 2 aromatic carbocycles. The summed E-state index contributed by atoms with van der Waals surface area (Å²) in [6.45, 7) is 6.60. The van der Waals surface area contributed by atoms with Crippen LogP contribution in [0.5, 0.6) is 11.5 Å². The standard InChI is InChI=1S/C21H20IN3O2/c1-5-27-20-16(22)9-14(10-19(20)26-4)8-15(11-23)21-24-17-6-12(2)13(3)7-18(17)25-21/h6-10H,5H2,1-4H3,(H,24,25). The number of hydrogen-bond acceptors (Lipinski definition) is 4. The van der Waals surface area contributed by atoms with Crippen LogP contribution in [0.4, 0.5) is 0 Å². The van der Waals surface area contributed by atoms with Gasteiger partial charge in [0.05, 0.1) is 33.9 Å². The SMILES string of the molecule is CCOc1c(I)cc(C=C(C#N)c2nc3cc(C)c(C)cc3[nH]2)cc1OC. The Balaban J connectivity index is 2.07. The van der Waals surface area contributed by atoms with Gasteiger partial charge in [0.15, 0.2) is 11.5 Å². The Morgan fingerprint density at radius 1 is 1.26 bits per heavy atom. The van der Waals surface area contributed by atoms with Crippen LogP contribution in [-0.2, 0) is 0 Å². The average molecular weight is 473 g/mol. The smallest absolute Gasteiger partial charge is 0.174 e. The maximum Gasteiger partial charge on any atom is 0.174 e. The third-order valence-corrected chi connectivity index (χ3v) is 5.13. The molecule has 0 bridgehead atoms. The van der Waals surface area contributed by atoms with Crippen LogP contribution in [0.2, 0.25) is 0 Å². The average Bonchev–Trinajstić information content (AvgIpc) is 3.04. The second-order valence-corrected chi connectivity index (χ2v) is 7.34. The Kier molecular flexibility index (Phi) is 5.71. The number of hydrogen-bond donors (Lipinski definition) is 1. The van der Waals surface area contributed by atoms with Crippen molar-refractivity contribution in [3.8, 4) is 17.6 Å². The van der Waals surface area contributed by atoms with Crippen molar-refractivity contribution in [3.63, 3.8) is 0 Å². The minimum Gasteiger partial charge on any atom is -0.493 e. The number of nitrogens with zero attached hydrogens (tertiary/aromatic N) is 2. The van der Waals surface area contributed by atoms with Gasteiger partial charge < -0.3 is 14.5 Å². The Morgan fingerprint density at radius 3 is 2.67 bits per heavy atom. The maximum atomic E-state index is 9.67. The quantitative estimate of drug-likeness (QED) is 0.406. The summed E-state index contributed by atoms with van der Waals surface area (Å²) in [5, 5.41) is 9.67. The number of benzene rings is 2. The van der Waals surface area contributed by atoms with E-state index in [0.717, 1.165) is 20.2 Å². The fraction of sp³-hybridized carbons (Fsp3) is 0.238. The van der Waals surface area contributed by atoms with Crippen molar-refractivity contribution in [2.75, 3.05) is 13.7 Å². The summed E-state index contributed by atoms with van der Waals surface area (Å²) in [4.78, 5) is 7.84. The molecule has 0 aliphatic rings. The highest BCUT2D eigenvalue weighted by Crippen LogP contribution is 2.35. The van der Waals surface area contributed by atoms with Gasteiger partial charge in [0.2, 0.25) is 0 Å². The maximum absolute atomic E-state index is 9.67. The van der Waals surface area contributed by atoms with E-state index in [2.05, 4.69) is 58.5 Å². The van der Waals surface area contributed by atoms with Crippen LogP contribution in [0.15, 0.2) is 24.3 Å². The highest BCUT2D eigenvalue weighted by Gasteiger charge is 2.13. The summed E-state index contributed by atoms with van der Waals surface area (Å²) in [6, 6.07) is 10.2. The number of fused-ring (bicyclic) bond motifs is 1. The Bertz CT molecular complexity index is 1040. The summed E-state index contributed by atoms with van der Waals surface area (Å²) >= 11 is 2.21. The molecule has 0 aliphatic carbocycles. The van der Waals surface area contributed by atoms with E-state index in [1.807, 2.05) is 25.1 Å². The van der Waals surface area contributed by atoms with E-state index in [9.17, 15) is 5.26 Å². The first-order chi connectivity index (χ1) is 13.0. The molecule has 0 saturated carbocycles. The molecule has 0 aliphatic heterocycles. The number of nitrogens with one attached hydrogen (secondary N) is 1. The molecule has 0 unspecified atom stereocenters. The zero-order valence-corrected chi connectivity index (χ0v) is 17.8. The molecule has 0 atom stereocenters. The number of ether oxygens (including phenoxy) is 2. The number of aromatic amines is 1. The van der Waals surface area contributed by atoms with Crippen LogP contribution in [-0.4, -0.2) is 23.7 Å². The Morgan fingerprint density at radius 2 is 2.00 bits per heavy atom. The van der Waals surface area contributed by atoms with Crippen molar-refractivity contribution >= 4 is 45.3 Å². The van der Waals surface area contributed by atoms with Gasteiger partial charge in [0, 0.05) is 0 Å². The molecule has 3 rings (SSSR count). The van der Waals surface area contributed by atoms with Crippen LogP contribution in [0.25, 0.3) is 22.7 Å². The van der Waals surface area contributed by atoms with Crippen molar-refractivity contribution in [2.45, 2.75) is 20.8 Å². The van der Waals surface area contributed by atoms with E-state index in [-0.39, 0.29) is 0 Å². The van der Waals surface area contributed by atoms with E-state index in [1.54, 1.807) is 13.2 Å². The van der Waals surface area contributed by atoms with E-state index in [4.69, 9.17) is 9.47 Å². The number of rotatable bonds is 5. The first-order valence-corrected chi connectivity index (χ1v) is 9.64. The highest BCUT2D eigenvalue weighted by molar-refractivity contribution is 14.1. The van der Waals surface area contributed by atoms with Gasteiger partial charge in [-0.2, -0.15) is 5.26 Å². The molecule has 27 heavy (non-hydrogen) atoms. The molecule has 1 heterocycles. The van der Waals surface area contributed by atoms with E-state index >= 15 is 0 Å². The molecule has 0 fully saturated rings. The van der Waals surface area contributed by atoms with Crippen molar-refractivity contribution in [2.24, 2.45) is 0 Å². The molecule has 1 aromatic heterocycles. The van der Waals surface area contributed by atoms with E-state index in [0.29, 0.717) is 29.5 Å². The third-order valence-electron chi connectivity index (χ3n) is 4.32. The fourth-order valence-corrected chi connectivity index (χ4v) is 3.61. The zero-order chi connectivity index (χ0) is 19.6. The summed E-state index contributed by atoms with van der Waals surface area (Å²) in [5.74, 6) is 1.91. The summed E-state index contributed by atoms with van der Waals surface area (Å²) in [5.41, 5.74) is 5.45. The monoisotopic (exact) mass is 473 g/mol. The summed E-state index contributed by atoms with van der Waals surface area (Å²) in [7, 11) is 1.61. The van der Waals surface area contributed by atoms with Crippen LogP contribution in [0, 0.1) is 28.7 Å². The van der Waals surface area contributed by atoms with Crippen molar-refractivity contribution < 1.29 is 9.47 Å². The van der Waals surface area contributed by atoms with Crippen LogP contribution in [0.3, 0.4) is 0 Å². The molecule has 0 saturated heterocycles. The second-order valence-electron chi connectivity index (χ2n) is 6.18. The van der Waals surface area contributed by atoms with Crippen molar-refractivity contribution in [1.82, 2.24) is 9.97 Å². The van der Waals surface area contributed by atoms with Crippen LogP contribution in [0.1, 0.15) is 29.4 Å². The molecular formula is C21H20IN3O2. The Hall–Kier alpha value is -2.53. The normalized spacial score (nSPS) is 11.5. The first kappa shape index (κ1) is 19.2. The van der Waals surface area contributed by atoms with E-state index in [1.165, 1.54) is 11.1 Å². The lowest BCUT2D eigenvalue weighted by Crippen LogP contribution is -1.98. The molecule has 6 heteroatoms. The van der Waals surface area contributed by atoms with Crippen molar-refractivity contribution in [1.29, 1.82) is 5.26 Å². The lowest BCUT2D eigenvalue weighted by Gasteiger charge is -2.12. The number of H-pyrrole nitrogens is 1. The molecule has 0 amide bonds. The molecular weight excluding hydrogens is 453 g/mol.